The molecule has 4 aromatic rings. The summed E-state index contributed by atoms with van der Waals surface area (Å²) in [5, 5.41) is 5.63. The van der Waals surface area contributed by atoms with Gasteiger partial charge in [-0.05, 0) is 42.7 Å². The van der Waals surface area contributed by atoms with Crippen LogP contribution in [0.4, 0.5) is 0 Å². The molecule has 29 heavy (non-hydrogen) atoms. The van der Waals surface area contributed by atoms with Crippen LogP contribution in [0.3, 0.4) is 0 Å². The lowest BCUT2D eigenvalue weighted by Crippen LogP contribution is -2.24. The molecule has 0 unspecified atom stereocenters. The molecule has 3 heterocycles. The number of nitrogens with zero attached hydrogens (tertiary/aromatic N) is 4. The molecule has 0 atom stereocenters. The average molecular weight is 431 g/mol. The van der Waals surface area contributed by atoms with Gasteiger partial charge in [-0.1, -0.05) is 42.4 Å². The van der Waals surface area contributed by atoms with Gasteiger partial charge < -0.3 is 8.94 Å². The van der Waals surface area contributed by atoms with E-state index >= 15 is 0 Å². The molecule has 150 valence electrons. The number of hydrogen-bond acceptors (Lipinski definition) is 7. The Bertz CT molecular complexity index is 1180. The fourth-order valence-corrected chi connectivity index (χ4v) is 3.84. The predicted octanol–water partition coefficient (Wildman–Crippen LogP) is 5.03. The van der Waals surface area contributed by atoms with Gasteiger partial charge in [0.15, 0.2) is 10.9 Å². The van der Waals surface area contributed by atoms with Gasteiger partial charge in [0.1, 0.15) is 0 Å². The Labute approximate surface area is 176 Å². The highest BCUT2D eigenvalue weighted by Gasteiger charge is 2.16. The van der Waals surface area contributed by atoms with Crippen molar-refractivity contribution in [2.45, 2.75) is 37.7 Å². The molecule has 0 aliphatic carbocycles. The third kappa shape index (κ3) is 4.38. The van der Waals surface area contributed by atoms with Crippen molar-refractivity contribution in [3.63, 3.8) is 0 Å². The maximum atomic E-state index is 13.0. The summed E-state index contributed by atoms with van der Waals surface area (Å²) in [6, 6.07) is 8.66. The van der Waals surface area contributed by atoms with Crippen LogP contribution in [0.2, 0.25) is 5.02 Å². The lowest BCUT2D eigenvalue weighted by Gasteiger charge is -2.13. The molecule has 0 fully saturated rings. The molecule has 0 saturated carbocycles. The fraction of sp³-hybridized carbons (Fsp3) is 0.300. The van der Waals surface area contributed by atoms with Crippen molar-refractivity contribution in [3.8, 4) is 11.6 Å². The van der Waals surface area contributed by atoms with Crippen molar-refractivity contribution in [1.29, 1.82) is 0 Å². The van der Waals surface area contributed by atoms with E-state index in [0.717, 1.165) is 6.42 Å². The van der Waals surface area contributed by atoms with Crippen molar-refractivity contribution in [2.75, 3.05) is 0 Å². The van der Waals surface area contributed by atoms with Gasteiger partial charge in [0.05, 0.1) is 22.9 Å². The standard InChI is InChI=1S/C20H19ClN4O3S/c1-12(2)7-8-25-19(26)14-6-5-13(21)10-15(14)22-20(25)29-11-17-23-18(24-28-17)16-4-3-9-27-16/h3-6,9-10,12H,7-8,11H2,1-2H3. The topological polar surface area (TPSA) is 86.9 Å². The first-order valence-electron chi connectivity index (χ1n) is 9.20. The molecular weight excluding hydrogens is 412 g/mol. The van der Waals surface area contributed by atoms with Crippen LogP contribution < -0.4 is 5.56 Å². The van der Waals surface area contributed by atoms with Crippen molar-refractivity contribution < 1.29 is 8.94 Å². The van der Waals surface area contributed by atoms with Crippen molar-refractivity contribution >= 4 is 34.3 Å². The highest BCUT2D eigenvalue weighted by atomic mass is 35.5. The summed E-state index contributed by atoms with van der Waals surface area (Å²) in [6.07, 6.45) is 2.43. The van der Waals surface area contributed by atoms with E-state index in [4.69, 9.17) is 20.5 Å². The van der Waals surface area contributed by atoms with E-state index in [1.807, 2.05) is 0 Å². The Hall–Kier alpha value is -2.58. The number of furan rings is 1. The van der Waals surface area contributed by atoms with E-state index in [-0.39, 0.29) is 5.56 Å². The van der Waals surface area contributed by atoms with Crippen LogP contribution in [0, 0.1) is 5.92 Å². The zero-order valence-corrected chi connectivity index (χ0v) is 17.5. The Morgan fingerprint density at radius 3 is 2.86 bits per heavy atom. The summed E-state index contributed by atoms with van der Waals surface area (Å²) in [5.41, 5.74) is 0.504. The van der Waals surface area contributed by atoms with Crippen LogP contribution in [0.15, 0.2) is 55.5 Å². The largest absolute Gasteiger partial charge is 0.461 e. The number of rotatable bonds is 7. The zero-order chi connectivity index (χ0) is 20.4. The van der Waals surface area contributed by atoms with Crippen LogP contribution in [0.1, 0.15) is 26.2 Å². The number of fused-ring (bicyclic) bond motifs is 1. The maximum absolute atomic E-state index is 13.0. The first-order chi connectivity index (χ1) is 14.0. The molecule has 0 aliphatic rings. The van der Waals surface area contributed by atoms with E-state index in [0.29, 0.717) is 56.8 Å². The molecule has 0 saturated heterocycles. The van der Waals surface area contributed by atoms with E-state index in [2.05, 4.69) is 29.0 Å². The molecule has 4 rings (SSSR count). The van der Waals surface area contributed by atoms with E-state index in [1.54, 1.807) is 41.2 Å². The average Bonchev–Trinajstić information content (AvgIpc) is 3.37. The lowest BCUT2D eigenvalue weighted by atomic mass is 10.1. The predicted molar refractivity (Wildman–Crippen MR) is 112 cm³/mol. The van der Waals surface area contributed by atoms with Crippen molar-refractivity contribution in [3.05, 3.63) is 57.9 Å². The molecule has 0 radical (unpaired) electrons. The molecular formula is C20H19ClN4O3S. The molecule has 3 aromatic heterocycles. The Morgan fingerprint density at radius 2 is 2.10 bits per heavy atom. The minimum atomic E-state index is -0.0726. The van der Waals surface area contributed by atoms with E-state index in [9.17, 15) is 4.79 Å². The zero-order valence-electron chi connectivity index (χ0n) is 16.0. The lowest BCUT2D eigenvalue weighted by molar-refractivity contribution is 0.390. The number of benzene rings is 1. The highest BCUT2D eigenvalue weighted by Crippen LogP contribution is 2.25. The first kappa shape index (κ1) is 19.7. The summed E-state index contributed by atoms with van der Waals surface area (Å²) >= 11 is 7.47. The van der Waals surface area contributed by atoms with Gasteiger partial charge in [-0.3, -0.25) is 9.36 Å². The molecule has 0 aliphatic heterocycles. The number of halogens is 1. The summed E-state index contributed by atoms with van der Waals surface area (Å²) in [5.74, 6) is 2.21. The molecule has 0 bridgehead atoms. The normalized spacial score (nSPS) is 11.6. The summed E-state index contributed by atoms with van der Waals surface area (Å²) < 4.78 is 12.3. The SMILES string of the molecule is CC(C)CCn1c(SCc2nc(-c3ccco3)no2)nc2cc(Cl)ccc2c1=O. The minimum Gasteiger partial charge on any atom is -0.461 e. The number of thioether (sulfide) groups is 1. The van der Waals surface area contributed by atoms with Crippen LogP contribution in [-0.4, -0.2) is 19.7 Å². The van der Waals surface area contributed by atoms with Gasteiger partial charge in [0.25, 0.3) is 5.56 Å². The molecule has 1 aromatic carbocycles. The highest BCUT2D eigenvalue weighted by molar-refractivity contribution is 7.98. The minimum absolute atomic E-state index is 0.0726. The third-order valence-electron chi connectivity index (χ3n) is 4.35. The van der Waals surface area contributed by atoms with Gasteiger partial charge in [-0.2, -0.15) is 4.98 Å². The van der Waals surface area contributed by atoms with E-state index in [1.165, 1.54) is 11.8 Å². The second-order valence-electron chi connectivity index (χ2n) is 6.97. The van der Waals surface area contributed by atoms with Gasteiger partial charge in [0, 0.05) is 11.6 Å². The molecule has 0 amide bonds. The third-order valence-corrected chi connectivity index (χ3v) is 5.54. The molecule has 0 N–H and O–H groups in total. The monoisotopic (exact) mass is 430 g/mol. The van der Waals surface area contributed by atoms with Crippen LogP contribution in [-0.2, 0) is 12.3 Å². The van der Waals surface area contributed by atoms with E-state index < -0.39 is 0 Å². The Balaban J connectivity index is 1.64. The summed E-state index contributed by atoms with van der Waals surface area (Å²) in [4.78, 5) is 22.1. The first-order valence-corrected chi connectivity index (χ1v) is 10.6. The van der Waals surface area contributed by atoms with Crippen molar-refractivity contribution in [1.82, 2.24) is 19.7 Å². The fourth-order valence-electron chi connectivity index (χ4n) is 2.81. The quantitative estimate of drug-likeness (QED) is 0.300. The Morgan fingerprint density at radius 1 is 1.24 bits per heavy atom. The number of aromatic nitrogens is 4. The molecule has 7 nitrogen and oxygen atoms in total. The smallest absolute Gasteiger partial charge is 0.262 e. The molecule has 9 heteroatoms. The second-order valence-corrected chi connectivity index (χ2v) is 8.35. The van der Waals surface area contributed by atoms with Gasteiger partial charge in [0.2, 0.25) is 11.7 Å². The van der Waals surface area contributed by atoms with Crippen LogP contribution in [0.25, 0.3) is 22.5 Å². The summed E-state index contributed by atoms with van der Waals surface area (Å²) in [6.45, 7) is 4.84. The van der Waals surface area contributed by atoms with Crippen molar-refractivity contribution in [2.24, 2.45) is 5.92 Å². The molecule has 0 spiro atoms. The second kappa shape index (κ2) is 8.42. The van der Waals surface area contributed by atoms with Gasteiger partial charge in [-0.25, -0.2) is 4.98 Å². The Kier molecular flexibility index (Phi) is 5.73. The summed E-state index contributed by atoms with van der Waals surface area (Å²) in [7, 11) is 0. The maximum Gasteiger partial charge on any atom is 0.262 e. The van der Waals surface area contributed by atoms with Gasteiger partial charge >= 0.3 is 0 Å². The van der Waals surface area contributed by atoms with Crippen LogP contribution >= 0.6 is 23.4 Å². The van der Waals surface area contributed by atoms with Gasteiger partial charge in [-0.15, -0.1) is 0 Å². The van der Waals surface area contributed by atoms with Crippen LogP contribution in [0.5, 0.6) is 0 Å². The number of hydrogen-bond donors (Lipinski definition) is 0.